The van der Waals surface area contributed by atoms with Crippen molar-refractivity contribution in [3.8, 4) is 28.6 Å². The summed E-state index contributed by atoms with van der Waals surface area (Å²) in [5, 5.41) is 14.3. The number of rotatable bonds is 6. The number of nitrogens with zero attached hydrogens (tertiary/aromatic N) is 5. The molecule has 4 rings (SSSR count). The summed E-state index contributed by atoms with van der Waals surface area (Å²) in [6.45, 7) is 0. The third kappa shape index (κ3) is 3.68. The van der Waals surface area contributed by atoms with E-state index in [2.05, 4.69) is 16.3 Å². The molecule has 9 heteroatoms. The van der Waals surface area contributed by atoms with Gasteiger partial charge in [-0.25, -0.2) is 0 Å². The molecular formula is C21H23N5O3S. The van der Waals surface area contributed by atoms with E-state index in [0.29, 0.717) is 23.1 Å². The van der Waals surface area contributed by atoms with Crippen LogP contribution in [-0.2, 0) is 0 Å². The lowest BCUT2D eigenvalue weighted by molar-refractivity contribution is 0.394. The fourth-order valence-electron chi connectivity index (χ4n) is 3.20. The zero-order chi connectivity index (χ0) is 21.3. The average Bonchev–Trinajstić information content (AvgIpc) is 3.21. The van der Waals surface area contributed by atoms with Gasteiger partial charge in [0.25, 0.3) is 0 Å². The van der Waals surface area contributed by atoms with Crippen molar-refractivity contribution in [2.24, 2.45) is 5.10 Å². The molecule has 1 aliphatic rings. The van der Waals surface area contributed by atoms with Gasteiger partial charge in [0.05, 0.1) is 32.7 Å². The van der Waals surface area contributed by atoms with E-state index in [1.54, 1.807) is 37.8 Å². The van der Waals surface area contributed by atoms with Crippen LogP contribution in [0.25, 0.3) is 11.4 Å². The van der Waals surface area contributed by atoms with E-state index >= 15 is 0 Å². The van der Waals surface area contributed by atoms with Gasteiger partial charge >= 0.3 is 0 Å². The molecule has 3 aromatic rings. The monoisotopic (exact) mass is 425 g/mol. The Morgan fingerprint density at radius 2 is 1.63 bits per heavy atom. The van der Waals surface area contributed by atoms with E-state index in [9.17, 15) is 0 Å². The van der Waals surface area contributed by atoms with E-state index < -0.39 is 0 Å². The normalized spacial score (nSPS) is 12.8. The van der Waals surface area contributed by atoms with Crippen molar-refractivity contribution in [2.75, 3.05) is 46.1 Å². The van der Waals surface area contributed by atoms with Gasteiger partial charge in [0.2, 0.25) is 5.16 Å². The molecule has 2 heterocycles. The van der Waals surface area contributed by atoms with Gasteiger partial charge < -0.3 is 19.1 Å². The Morgan fingerprint density at radius 3 is 2.27 bits per heavy atom. The lowest BCUT2D eigenvalue weighted by atomic mass is 10.1. The smallest absolute Gasteiger partial charge is 0.212 e. The number of methoxy groups -OCH3 is 3. The Morgan fingerprint density at radius 1 is 0.900 bits per heavy atom. The second kappa shape index (κ2) is 8.27. The minimum atomic E-state index is 0.633. The van der Waals surface area contributed by atoms with Crippen LogP contribution < -0.4 is 19.1 Å². The molecule has 0 amide bonds. The van der Waals surface area contributed by atoms with Crippen molar-refractivity contribution >= 4 is 23.2 Å². The summed E-state index contributed by atoms with van der Waals surface area (Å²) in [6.07, 6.45) is 0. The van der Waals surface area contributed by atoms with Gasteiger partial charge in [-0.05, 0) is 30.3 Å². The summed E-state index contributed by atoms with van der Waals surface area (Å²) in [6, 6.07) is 11.7. The van der Waals surface area contributed by atoms with Crippen LogP contribution in [0.2, 0.25) is 0 Å². The van der Waals surface area contributed by atoms with Gasteiger partial charge in [-0.1, -0.05) is 11.8 Å². The second-order valence-corrected chi connectivity index (χ2v) is 7.78. The van der Waals surface area contributed by atoms with Crippen molar-refractivity contribution in [1.29, 1.82) is 0 Å². The fourth-order valence-corrected chi connectivity index (χ4v) is 4.04. The quantitative estimate of drug-likeness (QED) is 0.599. The first kappa shape index (κ1) is 20.1. The Hall–Kier alpha value is -3.20. The highest BCUT2D eigenvalue weighted by Crippen LogP contribution is 2.34. The summed E-state index contributed by atoms with van der Waals surface area (Å²) in [7, 11) is 8.90. The highest BCUT2D eigenvalue weighted by atomic mass is 32.2. The zero-order valence-electron chi connectivity index (χ0n) is 17.5. The maximum Gasteiger partial charge on any atom is 0.212 e. The van der Waals surface area contributed by atoms with Gasteiger partial charge in [0.1, 0.15) is 17.2 Å². The van der Waals surface area contributed by atoms with Crippen LogP contribution >= 0.6 is 11.8 Å². The summed E-state index contributed by atoms with van der Waals surface area (Å²) < 4.78 is 18.0. The maximum absolute atomic E-state index is 5.48. The molecule has 8 nitrogen and oxygen atoms in total. The highest BCUT2D eigenvalue weighted by molar-refractivity contribution is 7.99. The number of benzene rings is 2. The summed E-state index contributed by atoms with van der Waals surface area (Å²) in [5.74, 6) is 3.52. The molecule has 0 saturated heterocycles. The number of ether oxygens (including phenoxy) is 3. The number of fused-ring (bicyclic) bond motifs is 1. The average molecular weight is 426 g/mol. The predicted molar refractivity (Wildman–Crippen MR) is 119 cm³/mol. The predicted octanol–water partition coefficient (Wildman–Crippen LogP) is 3.40. The molecule has 2 aromatic carbocycles. The lowest BCUT2D eigenvalue weighted by Gasteiger charge is -2.19. The molecule has 0 saturated carbocycles. The molecule has 0 fully saturated rings. The van der Waals surface area contributed by atoms with Crippen LogP contribution in [-0.4, -0.2) is 61.8 Å². The molecule has 0 N–H and O–H groups in total. The van der Waals surface area contributed by atoms with Crippen LogP contribution in [0.15, 0.2) is 46.7 Å². The van der Waals surface area contributed by atoms with Crippen molar-refractivity contribution in [2.45, 2.75) is 5.16 Å². The second-order valence-electron chi connectivity index (χ2n) is 6.84. The van der Waals surface area contributed by atoms with E-state index in [1.807, 2.05) is 49.3 Å². The van der Waals surface area contributed by atoms with E-state index in [0.717, 1.165) is 33.4 Å². The van der Waals surface area contributed by atoms with Crippen molar-refractivity contribution in [3.63, 3.8) is 0 Å². The van der Waals surface area contributed by atoms with Crippen molar-refractivity contribution in [3.05, 3.63) is 42.0 Å². The number of thioether (sulfide) groups is 1. The number of hydrogen-bond donors (Lipinski definition) is 0. The van der Waals surface area contributed by atoms with Gasteiger partial charge in [0.15, 0.2) is 5.82 Å². The third-order valence-corrected chi connectivity index (χ3v) is 5.70. The standard InChI is InChI=1S/C21H23N5O3S/c1-25(2)18-10-13(6-7-19(18)29-5)17-12-30-21-23-22-20(26(21)24-17)14-8-15(27-3)11-16(9-14)28-4/h6-11H,12H2,1-5H3. The first-order valence-electron chi connectivity index (χ1n) is 9.29. The first-order valence-corrected chi connectivity index (χ1v) is 10.3. The minimum absolute atomic E-state index is 0.633. The van der Waals surface area contributed by atoms with Crippen LogP contribution in [0.3, 0.4) is 0 Å². The summed E-state index contributed by atoms with van der Waals surface area (Å²) >= 11 is 1.60. The van der Waals surface area contributed by atoms with Crippen LogP contribution in [0.1, 0.15) is 5.56 Å². The van der Waals surface area contributed by atoms with E-state index in [4.69, 9.17) is 19.3 Å². The molecule has 0 unspecified atom stereocenters. The van der Waals surface area contributed by atoms with Gasteiger partial charge in [-0.15, -0.1) is 10.2 Å². The van der Waals surface area contributed by atoms with Crippen LogP contribution in [0, 0.1) is 0 Å². The van der Waals surface area contributed by atoms with Crippen LogP contribution in [0.4, 0.5) is 5.69 Å². The van der Waals surface area contributed by atoms with Crippen LogP contribution in [0.5, 0.6) is 17.2 Å². The van der Waals surface area contributed by atoms with Crippen molar-refractivity contribution < 1.29 is 14.2 Å². The van der Waals surface area contributed by atoms with Gasteiger partial charge in [0, 0.05) is 37.0 Å². The van der Waals surface area contributed by atoms with E-state index in [1.165, 1.54) is 0 Å². The Balaban J connectivity index is 1.78. The lowest BCUT2D eigenvalue weighted by Crippen LogP contribution is -2.16. The van der Waals surface area contributed by atoms with Crippen molar-refractivity contribution in [1.82, 2.24) is 14.9 Å². The number of hydrogen-bond acceptors (Lipinski definition) is 8. The number of anilines is 1. The fraction of sp³-hybridized carbons (Fsp3) is 0.286. The topological polar surface area (TPSA) is 74.0 Å². The summed E-state index contributed by atoms with van der Waals surface area (Å²) in [4.78, 5) is 2.02. The Bertz CT molecular complexity index is 1090. The Kier molecular flexibility index (Phi) is 5.54. The molecule has 1 aromatic heterocycles. The first-order chi connectivity index (χ1) is 14.5. The SMILES string of the molecule is COc1cc(OC)cc(-c2nnc3n2N=C(c2ccc(OC)c(N(C)C)c2)CS3)c1. The molecule has 0 bridgehead atoms. The summed E-state index contributed by atoms with van der Waals surface area (Å²) in [5.41, 5.74) is 3.78. The molecule has 0 aliphatic carbocycles. The molecular weight excluding hydrogens is 402 g/mol. The zero-order valence-corrected chi connectivity index (χ0v) is 18.4. The van der Waals surface area contributed by atoms with E-state index in [-0.39, 0.29) is 0 Å². The minimum Gasteiger partial charge on any atom is -0.497 e. The third-order valence-electron chi connectivity index (χ3n) is 4.77. The van der Waals surface area contributed by atoms with Gasteiger partial charge in [-0.3, -0.25) is 0 Å². The molecule has 30 heavy (non-hydrogen) atoms. The highest BCUT2D eigenvalue weighted by Gasteiger charge is 2.22. The Labute approximate surface area is 179 Å². The maximum atomic E-state index is 5.48. The molecule has 0 atom stereocenters. The molecule has 156 valence electrons. The molecule has 1 aliphatic heterocycles. The molecule has 0 spiro atoms. The van der Waals surface area contributed by atoms with Gasteiger partial charge in [-0.2, -0.15) is 9.78 Å². The number of aromatic nitrogens is 3. The molecule has 0 radical (unpaired) electrons. The largest absolute Gasteiger partial charge is 0.497 e.